The zero-order valence-corrected chi connectivity index (χ0v) is 18.2. The minimum atomic E-state index is -0.0559. The van der Waals surface area contributed by atoms with E-state index in [0.29, 0.717) is 29.8 Å². The van der Waals surface area contributed by atoms with E-state index in [0.717, 1.165) is 31.8 Å². The second-order valence-corrected chi connectivity index (χ2v) is 9.60. The Morgan fingerprint density at radius 2 is 1.83 bits per heavy atom. The summed E-state index contributed by atoms with van der Waals surface area (Å²) in [5.74, 6) is 1.47. The topological polar surface area (TPSA) is 64.7 Å². The van der Waals surface area contributed by atoms with E-state index in [4.69, 9.17) is 0 Å². The number of piperidine rings is 2. The van der Waals surface area contributed by atoms with Gasteiger partial charge in [-0.05, 0) is 88.2 Å². The lowest BCUT2D eigenvalue weighted by atomic mass is 9.94. The lowest BCUT2D eigenvalue weighted by Gasteiger charge is -2.37. The second kappa shape index (κ2) is 9.92. The molecule has 0 bridgehead atoms. The Morgan fingerprint density at radius 3 is 2.60 bits per heavy atom. The van der Waals surface area contributed by atoms with Crippen LogP contribution in [0.4, 0.5) is 5.69 Å². The third-order valence-electron chi connectivity index (χ3n) is 6.68. The van der Waals surface area contributed by atoms with Gasteiger partial charge in [0.05, 0.1) is 6.54 Å². The first-order valence-corrected chi connectivity index (χ1v) is 11.7. The van der Waals surface area contributed by atoms with E-state index in [2.05, 4.69) is 27.4 Å². The first-order valence-electron chi connectivity index (χ1n) is 11.7. The van der Waals surface area contributed by atoms with Gasteiger partial charge in [0.2, 0.25) is 5.91 Å². The summed E-state index contributed by atoms with van der Waals surface area (Å²) in [5.41, 5.74) is 1.30. The van der Waals surface area contributed by atoms with Gasteiger partial charge in [-0.1, -0.05) is 13.0 Å². The van der Waals surface area contributed by atoms with Crippen LogP contribution in [0.1, 0.15) is 55.8 Å². The van der Waals surface area contributed by atoms with E-state index >= 15 is 0 Å². The molecule has 6 nitrogen and oxygen atoms in total. The first kappa shape index (κ1) is 21.3. The highest BCUT2D eigenvalue weighted by Crippen LogP contribution is 2.22. The summed E-state index contributed by atoms with van der Waals surface area (Å²) in [6.45, 7) is 8.39. The molecule has 2 heterocycles. The van der Waals surface area contributed by atoms with Crippen molar-refractivity contribution in [2.24, 2.45) is 11.8 Å². The molecule has 1 aromatic carbocycles. The van der Waals surface area contributed by atoms with Crippen molar-refractivity contribution in [1.82, 2.24) is 15.1 Å². The van der Waals surface area contributed by atoms with E-state index < -0.39 is 0 Å². The largest absolute Gasteiger partial charge is 0.349 e. The average Bonchev–Trinajstić information content (AvgIpc) is 3.54. The third kappa shape index (κ3) is 6.29. The van der Waals surface area contributed by atoms with Crippen molar-refractivity contribution >= 4 is 17.5 Å². The minimum absolute atomic E-state index is 0.00204. The molecule has 3 fully saturated rings. The molecular formula is C24H36N4O2. The lowest BCUT2D eigenvalue weighted by Crippen LogP contribution is -2.45. The molecule has 0 spiro atoms. The molecule has 6 heteroatoms. The van der Waals surface area contributed by atoms with Crippen LogP contribution >= 0.6 is 0 Å². The molecule has 1 atom stereocenters. The standard InChI is InChI=1S/C24H36N4O2/c1-18-9-12-27(13-10-18)15-19-4-3-11-28(16-19)17-23(29)25-22-6-2-5-20(14-22)24(30)26-21-7-8-21/h2,5-6,14,18-19,21H,3-4,7-13,15-17H2,1H3,(H,25,29)(H,26,30). The molecule has 164 valence electrons. The molecule has 2 saturated heterocycles. The first-order chi connectivity index (χ1) is 14.5. The van der Waals surface area contributed by atoms with Crippen molar-refractivity contribution in [2.75, 3.05) is 44.6 Å². The minimum Gasteiger partial charge on any atom is -0.349 e. The summed E-state index contributed by atoms with van der Waals surface area (Å²) in [6.07, 6.45) is 7.19. The predicted octanol–water partition coefficient (Wildman–Crippen LogP) is 2.96. The Morgan fingerprint density at radius 1 is 1.03 bits per heavy atom. The summed E-state index contributed by atoms with van der Waals surface area (Å²) < 4.78 is 0. The quantitative estimate of drug-likeness (QED) is 0.723. The van der Waals surface area contributed by atoms with Gasteiger partial charge in [0.1, 0.15) is 0 Å². The molecule has 1 aliphatic carbocycles. The van der Waals surface area contributed by atoms with Gasteiger partial charge in [0, 0.05) is 30.4 Å². The summed E-state index contributed by atoms with van der Waals surface area (Å²) >= 11 is 0. The molecule has 3 aliphatic rings. The molecule has 1 saturated carbocycles. The third-order valence-corrected chi connectivity index (χ3v) is 6.68. The SMILES string of the molecule is CC1CCN(CC2CCCN(CC(=O)Nc3cccc(C(=O)NC4CC4)c3)C2)CC1. The van der Waals surface area contributed by atoms with Crippen molar-refractivity contribution in [3.05, 3.63) is 29.8 Å². The number of nitrogens with one attached hydrogen (secondary N) is 2. The van der Waals surface area contributed by atoms with Gasteiger partial charge in [-0.15, -0.1) is 0 Å². The Hall–Kier alpha value is -1.92. The van der Waals surface area contributed by atoms with E-state index in [1.807, 2.05) is 12.1 Å². The van der Waals surface area contributed by atoms with Crippen molar-refractivity contribution < 1.29 is 9.59 Å². The van der Waals surface area contributed by atoms with Crippen molar-refractivity contribution in [3.8, 4) is 0 Å². The van der Waals surface area contributed by atoms with Gasteiger partial charge in [-0.25, -0.2) is 0 Å². The highest BCUT2D eigenvalue weighted by Gasteiger charge is 2.26. The molecule has 2 amide bonds. The van der Waals surface area contributed by atoms with Crippen LogP contribution in [0.2, 0.25) is 0 Å². The van der Waals surface area contributed by atoms with Crippen LogP contribution < -0.4 is 10.6 Å². The molecule has 0 aromatic heterocycles. The smallest absolute Gasteiger partial charge is 0.251 e. The van der Waals surface area contributed by atoms with Crippen LogP contribution in [0.15, 0.2) is 24.3 Å². The summed E-state index contributed by atoms with van der Waals surface area (Å²) in [5, 5.41) is 5.98. The van der Waals surface area contributed by atoms with Gasteiger partial charge >= 0.3 is 0 Å². The maximum atomic E-state index is 12.6. The van der Waals surface area contributed by atoms with Crippen LogP contribution in [0.5, 0.6) is 0 Å². The van der Waals surface area contributed by atoms with Crippen molar-refractivity contribution in [2.45, 2.75) is 51.5 Å². The number of benzene rings is 1. The Balaban J connectivity index is 1.24. The van der Waals surface area contributed by atoms with Gasteiger partial charge in [0.25, 0.3) is 5.91 Å². The Bertz CT molecular complexity index is 740. The summed E-state index contributed by atoms with van der Waals surface area (Å²) in [6, 6.07) is 7.57. The highest BCUT2D eigenvalue weighted by atomic mass is 16.2. The van der Waals surface area contributed by atoms with Gasteiger partial charge < -0.3 is 15.5 Å². The monoisotopic (exact) mass is 412 g/mol. The number of anilines is 1. The second-order valence-electron chi connectivity index (χ2n) is 9.60. The molecule has 30 heavy (non-hydrogen) atoms. The summed E-state index contributed by atoms with van der Waals surface area (Å²) in [7, 11) is 0. The number of hydrogen-bond acceptors (Lipinski definition) is 4. The zero-order chi connectivity index (χ0) is 20.9. The molecule has 2 aliphatic heterocycles. The van der Waals surface area contributed by atoms with Gasteiger partial charge in [-0.2, -0.15) is 0 Å². The van der Waals surface area contributed by atoms with Gasteiger partial charge in [-0.3, -0.25) is 14.5 Å². The average molecular weight is 413 g/mol. The molecule has 2 N–H and O–H groups in total. The molecule has 4 rings (SSSR count). The van der Waals surface area contributed by atoms with E-state index in [1.54, 1.807) is 12.1 Å². The number of hydrogen-bond donors (Lipinski definition) is 2. The highest BCUT2D eigenvalue weighted by molar-refractivity contribution is 5.97. The van der Waals surface area contributed by atoms with E-state index in [1.165, 1.54) is 45.3 Å². The lowest BCUT2D eigenvalue weighted by molar-refractivity contribution is -0.117. The number of rotatable bonds is 7. The van der Waals surface area contributed by atoms with Crippen LogP contribution in [0, 0.1) is 11.8 Å². The van der Waals surface area contributed by atoms with E-state index in [-0.39, 0.29) is 11.8 Å². The summed E-state index contributed by atoms with van der Waals surface area (Å²) in [4.78, 5) is 29.8. The molecular weight excluding hydrogens is 376 g/mol. The number of nitrogens with zero attached hydrogens (tertiary/aromatic N) is 2. The predicted molar refractivity (Wildman–Crippen MR) is 120 cm³/mol. The van der Waals surface area contributed by atoms with Crippen LogP contribution in [-0.4, -0.2) is 66.9 Å². The number of carbonyl (C=O) groups excluding carboxylic acids is 2. The van der Waals surface area contributed by atoms with Crippen LogP contribution in [0.3, 0.4) is 0 Å². The normalized spacial score (nSPS) is 23.8. The fourth-order valence-electron chi connectivity index (χ4n) is 4.69. The fraction of sp³-hybridized carbons (Fsp3) is 0.667. The van der Waals surface area contributed by atoms with Crippen LogP contribution in [0.25, 0.3) is 0 Å². The number of amides is 2. The fourth-order valence-corrected chi connectivity index (χ4v) is 4.69. The Kier molecular flexibility index (Phi) is 7.05. The van der Waals surface area contributed by atoms with E-state index in [9.17, 15) is 9.59 Å². The Labute approximate surface area is 180 Å². The van der Waals surface area contributed by atoms with Crippen molar-refractivity contribution in [3.63, 3.8) is 0 Å². The maximum Gasteiger partial charge on any atom is 0.251 e. The molecule has 1 aromatic rings. The zero-order valence-electron chi connectivity index (χ0n) is 18.2. The van der Waals surface area contributed by atoms with Gasteiger partial charge in [0.15, 0.2) is 0 Å². The van der Waals surface area contributed by atoms with Crippen molar-refractivity contribution in [1.29, 1.82) is 0 Å². The van der Waals surface area contributed by atoms with Crippen LogP contribution in [-0.2, 0) is 4.79 Å². The molecule has 1 unspecified atom stereocenters. The number of likely N-dealkylation sites (tertiary alicyclic amines) is 2. The number of carbonyl (C=O) groups is 2. The maximum absolute atomic E-state index is 12.6. The molecule has 0 radical (unpaired) electrons.